The lowest BCUT2D eigenvalue weighted by atomic mass is 9.84. The van der Waals surface area contributed by atoms with Crippen molar-refractivity contribution in [3.05, 3.63) is 59.9 Å². The Bertz CT molecular complexity index is 667. The number of benzene rings is 1. The van der Waals surface area contributed by atoms with E-state index in [1.807, 2.05) is 48.7 Å². The van der Waals surface area contributed by atoms with Gasteiger partial charge in [-0.05, 0) is 24.1 Å². The van der Waals surface area contributed by atoms with Gasteiger partial charge in [-0.2, -0.15) is 0 Å². The van der Waals surface area contributed by atoms with Crippen LogP contribution >= 0.6 is 0 Å². The number of amides is 2. The minimum absolute atomic E-state index is 0.00666. The van der Waals surface area contributed by atoms with Gasteiger partial charge in [-0.3, -0.25) is 9.59 Å². The number of carbonyl (C=O) groups excluding carboxylic acids is 2. The van der Waals surface area contributed by atoms with E-state index >= 15 is 0 Å². The van der Waals surface area contributed by atoms with Gasteiger partial charge in [0.2, 0.25) is 11.8 Å². The van der Waals surface area contributed by atoms with Crippen LogP contribution in [0, 0.1) is 5.92 Å². The van der Waals surface area contributed by atoms with Gasteiger partial charge in [0.25, 0.3) is 0 Å². The lowest BCUT2D eigenvalue weighted by Crippen LogP contribution is -2.46. The molecule has 1 fully saturated rings. The van der Waals surface area contributed by atoms with E-state index in [1.54, 1.807) is 11.9 Å². The smallest absolute Gasteiger partial charge is 0.225 e. The lowest BCUT2D eigenvalue weighted by Gasteiger charge is -2.38. The molecule has 1 aliphatic rings. The summed E-state index contributed by atoms with van der Waals surface area (Å²) in [5, 5.41) is 2.98. The Labute approximate surface area is 135 Å². The van der Waals surface area contributed by atoms with Gasteiger partial charge in [-0.25, -0.2) is 0 Å². The number of piperidine rings is 1. The second-order valence-electron chi connectivity index (χ2n) is 5.92. The van der Waals surface area contributed by atoms with Gasteiger partial charge in [0, 0.05) is 25.4 Å². The summed E-state index contributed by atoms with van der Waals surface area (Å²) in [5.74, 6) is -0.143. The van der Waals surface area contributed by atoms with Crippen LogP contribution in [0.5, 0.6) is 0 Å². The highest BCUT2D eigenvalue weighted by Crippen LogP contribution is 2.35. The van der Waals surface area contributed by atoms with Crippen molar-refractivity contribution in [3.8, 4) is 0 Å². The third-order valence-electron chi connectivity index (χ3n) is 4.45. The fourth-order valence-electron chi connectivity index (χ4n) is 3.21. The van der Waals surface area contributed by atoms with Gasteiger partial charge in [-0.1, -0.05) is 30.3 Å². The molecule has 1 aliphatic heterocycles. The molecule has 0 radical (unpaired) electrons. The van der Waals surface area contributed by atoms with E-state index in [0.717, 1.165) is 11.3 Å². The maximum absolute atomic E-state index is 12.7. The average Bonchev–Trinajstić information content (AvgIpc) is 3.09. The number of hydrogen-bond donors (Lipinski definition) is 2. The van der Waals surface area contributed by atoms with Crippen molar-refractivity contribution in [1.82, 2.24) is 15.2 Å². The van der Waals surface area contributed by atoms with Gasteiger partial charge in [0.1, 0.15) is 0 Å². The molecule has 5 nitrogen and oxygen atoms in total. The number of nitrogens with one attached hydrogen (secondary N) is 2. The summed E-state index contributed by atoms with van der Waals surface area (Å²) in [5.41, 5.74) is 1.97. The van der Waals surface area contributed by atoms with Crippen LogP contribution < -0.4 is 5.32 Å². The number of rotatable bonds is 4. The predicted octanol–water partition coefficient (Wildman–Crippen LogP) is 2.24. The largest absolute Gasteiger partial charge is 0.364 e. The predicted molar refractivity (Wildman–Crippen MR) is 87.3 cm³/mol. The third-order valence-corrected chi connectivity index (χ3v) is 4.45. The van der Waals surface area contributed by atoms with Gasteiger partial charge in [0.05, 0.1) is 18.5 Å². The van der Waals surface area contributed by atoms with Gasteiger partial charge in [-0.15, -0.1) is 0 Å². The number of aromatic nitrogens is 1. The van der Waals surface area contributed by atoms with Crippen molar-refractivity contribution >= 4 is 11.8 Å². The molecule has 2 amide bonds. The maximum atomic E-state index is 12.7. The summed E-state index contributed by atoms with van der Waals surface area (Å²) < 4.78 is 0. The molecule has 5 heteroatoms. The molecule has 2 heterocycles. The topological polar surface area (TPSA) is 65.2 Å². The zero-order valence-electron chi connectivity index (χ0n) is 13.2. The Morgan fingerprint density at radius 3 is 2.74 bits per heavy atom. The number of nitrogens with zero attached hydrogens (tertiary/aromatic N) is 1. The molecule has 120 valence electrons. The van der Waals surface area contributed by atoms with E-state index < -0.39 is 0 Å². The van der Waals surface area contributed by atoms with Crippen LogP contribution in [-0.2, 0) is 16.1 Å². The standard InChI is InChI=1S/C18H21N3O2/c1-21-16(22)10-9-15(17(21)13-6-3-2-4-7-13)18(23)20-12-14-8-5-11-19-14/h2-8,11,15,17,19H,9-10,12H2,1H3,(H,20,23)/t15-,17-/m1/s1. The van der Waals surface area contributed by atoms with Crippen molar-refractivity contribution < 1.29 is 9.59 Å². The number of likely N-dealkylation sites (tertiary alicyclic amines) is 1. The van der Waals surface area contributed by atoms with Gasteiger partial charge >= 0.3 is 0 Å². The summed E-state index contributed by atoms with van der Waals surface area (Å²) in [4.78, 5) is 29.5. The average molecular weight is 311 g/mol. The SMILES string of the molecule is CN1C(=O)CC[C@@H](C(=O)NCc2ccc[nH]2)[C@H]1c1ccccc1. The summed E-state index contributed by atoms with van der Waals surface area (Å²) >= 11 is 0. The van der Waals surface area contributed by atoms with E-state index in [1.165, 1.54) is 0 Å². The first kappa shape index (κ1) is 15.3. The van der Waals surface area contributed by atoms with Crippen molar-refractivity contribution in [2.75, 3.05) is 7.05 Å². The van der Waals surface area contributed by atoms with Gasteiger partial charge < -0.3 is 15.2 Å². The molecule has 0 unspecified atom stereocenters. The third kappa shape index (κ3) is 3.28. The molecule has 0 spiro atoms. The van der Waals surface area contributed by atoms with Gasteiger partial charge in [0.15, 0.2) is 0 Å². The Hall–Kier alpha value is -2.56. The quantitative estimate of drug-likeness (QED) is 0.909. The molecular formula is C18H21N3O2. The molecule has 0 aliphatic carbocycles. The van der Waals surface area contributed by atoms with Crippen molar-refractivity contribution in [2.45, 2.75) is 25.4 Å². The van der Waals surface area contributed by atoms with E-state index in [-0.39, 0.29) is 23.8 Å². The monoisotopic (exact) mass is 311 g/mol. The Morgan fingerprint density at radius 1 is 1.26 bits per heavy atom. The molecule has 1 aromatic carbocycles. The maximum Gasteiger partial charge on any atom is 0.225 e. The molecule has 1 saturated heterocycles. The fourth-order valence-corrected chi connectivity index (χ4v) is 3.21. The van der Waals surface area contributed by atoms with E-state index in [2.05, 4.69) is 10.3 Å². The van der Waals surface area contributed by atoms with E-state index in [9.17, 15) is 9.59 Å². The van der Waals surface area contributed by atoms with Crippen LogP contribution in [0.1, 0.15) is 30.1 Å². The number of aromatic amines is 1. The summed E-state index contributed by atoms with van der Waals surface area (Å²) in [7, 11) is 1.78. The van der Waals surface area contributed by atoms with Crippen LogP contribution in [0.25, 0.3) is 0 Å². The zero-order valence-corrected chi connectivity index (χ0v) is 13.2. The Balaban J connectivity index is 1.77. The molecule has 2 aromatic rings. The van der Waals surface area contributed by atoms with Crippen molar-refractivity contribution in [3.63, 3.8) is 0 Å². The summed E-state index contributed by atoms with van der Waals surface area (Å²) in [6, 6.07) is 13.4. The molecule has 23 heavy (non-hydrogen) atoms. The van der Waals surface area contributed by atoms with Crippen LogP contribution in [0.4, 0.5) is 0 Å². The summed E-state index contributed by atoms with van der Waals surface area (Å²) in [6.07, 6.45) is 2.83. The van der Waals surface area contributed by atoms with Crippen molar-refractivity contribution in [1.29, 1.82) is 0 Å². The fraction of sp³-hybridized carbons (Fsp3) is 0.333. The highest BCUT2D eigenvalue weighted by atomic mass is 16.2. The van der Waals surface area contributed by atoms with Crippen LogP contribution in [0.15, 0.2) is 48.7 Å². The van der Waals surface area contributed by atoms with Crippen molar-refractivity contribution in [2.24, 2.45) is 5.92 Å². The van der Waals surface area contributed by atoms with E-state index in [0.29, 0.717) is 19.4 Å². The molecular weight excluding hydrogens is 290 g/mol. The second kappa shape index (κ2) is 6.69. The number of carbonyl (C=O) groups is 2. The van der Waals surface area contributed by atoms with E-state index in [4.69, 9.17) is 0 Å². The van der Waals surface area contributed by atoms with Crippen LogP contribution in [-0.4, -0.2) is 28.7 Å². The number of hydrogen-bond acceptors (Lipinski definition) is 2. The zero-order chi connectivity index (χ0) is 16.2. The Kier molecular flexibility index (Phi) is 4.46. The highest BCUT2D eigenvalue weighted by molar-refractivity contribution is 5.84. The molecule has 0 saturated carbocycles. The number of H-pyrrole nitrogens is 1. The molecule has 2 N–H and O–H groups in total. The Morgan fingerprint density at radius 2 is 2.04 bits per heavy atom. The van der Waals surface area contributed by atoms with Crippen LogP contribution in [0.3, 0.4) is 0 Å². The molecule has 1 aromatic heterocycles. The molecule has 2 atom stereocenters. The normalized spacial score (nSPS) is 21.3. The second-order valence-corrected chi connectivity index (χ2v) is 5.92. The van der Waals surface area contributed by atoms with Crippen LogP contribution in [0.2, 0.25) is 0 Å². The first-order chi connectivity index (χ1) is 11.2. The molecule has 3 rings (SSSR count). The first-order valence-corrected chi connectivity index (χ1v) is 7.87. The molecule has 0 bridgehead atoms. The highest BCUT2D eigenvalue weighted by Gasteiger charge is 2.38. The first-order valence-electron chi connectivity index (χ1n) is 7.87. The lowest BCUT2D eigenvalue weighted by molar-refractivity contribution is -0.141. The summed E-state index contributed by atoms with van der Waals surface area (Å²) in [6.45, 7) is 0.474. The minimum Gasteiger partial charge on any atom is -0.364 e. The minimum atomic E-state index is -0.227.